The molecule has 4 nitrogen and oxygen atoms in total. The van der Waals surface area contributed by atoms with E-state index in [2.05, 4.69) is 0 Å². The number of carbonyl (C=O) groups is 1. The number of ether oxygens (including phenoxy) is 1. The number of carbonyl (C=O) groups excluding carboxylic acids is 1. The molecule has 0 aromatic heterocycles. The van der Waals surface area contributed by atoms with Crippen LogP contribution >= 0.6 is 10.7 Å². The van der Waals surface area contributed by atoms with Crippen LogP contribution in [-0.4, -0.2) is 33.2 Å². The van der Waals surface area contributed by atoms with Crippen molar-refractivity contribution >= 4 is 25.5 Å². The summed E-state index contributed by atoms with van der Waals surface area (Å²) in [7, 11) is 1.25. The molecule has 1 fully saturated rings. The first-order valence-electron chi connectivity index (χ1n) is 4.02. The second-order valence-corrected chi connectivity index (χ2v) is 5.84. The second kappa shape index (κ2) is 4.39. The van der Waals surface area contributed by atoms with Crippen molar-refractivity contribution in [1.29, 1.82) is 0 Å². The first kappa shape index (κ1) is 10.9. The molecule has 1 unspecified atom stereocenters. The molecule has 0 aromatic carbocycles. The molecule has 1 aliphatic heterocycles. The molecule has 1 atom stereocenters. The molecule has 0 radical (unpaired) electrons. The van der Waals surface area contributed by atoms with Gasteiger partial charge in [-0.2, -0.15) is 0 Å². The minimum Gasteiger partial charge on any atom is -0.381 e. The van der Waals surface area contributed by atoms with Gasteiger partial charge >= 0.3 is 0 Å². The van der Waals surface area contributed by atoms with Crippen molar-refractivity contribution < 1.29 is 17.9 Å². The van der Waals surface area contributed by atoms with Crippen LogP contribution in [0.15, 0.2) is 0 Å². The number of hydrogen-bond donors (Lipinski definition) is 0. The van der Waals surface area contributed by atoms with Crippen molar-refractivity contribution in [2.45, 2.75) is 12.8 Å². The van der Waals surface area contributed by atoms with Gasteiger partial charge in [0.25, 0.3) is 0 Å². The quantitative estimate of drug-likeness (QED) is 0.660. The van der Waals surface area contributed by atoms with E-state index in [0.29, 0.717) is 19.6 Å². The summed E-state index contributed by atoms with van der Waals surface area (Å²) in [6.45, 7) is 0.975. The first-order chi connectivity index (χ1) is 5.99. The van der Waals surface area contributed by atoms with E-state index in [9.17, 15) is 13.2 Å². The van der Waals surface area contributed by atoms with Gasteiger partial charge in [0, 0.05) is 23.2 Å². The highest BCUT2D eigenvalue weighted by Gasteiger charge is 2.25. The van der Waals surface area contributed by atoms with Crippen LogP contribution in [0.1, 0.15) is 12.8 Å². The monoisotopic (exact) mass is 226 g/mol. The zero-order chi connectivity index (χ0) is 9.90. The Bertz CT molecular complexity index is 279. The summed E-state index contributed by atoms with van der Waals surface area (Å²) in [5, 5.41) is 0. The maximum absolute atomic E-state index is 11.3. The number of Topliss-reactive ketones (excluding diaryl/α,β-unsaturated/α-hetero) is 1. The Morgan fingerprint density at radius 2 is 2.23 bits per heavy atom. The smallest absolute Gasteiger partial charge is 0.239 e. The summed E-state index contributed by atoms with van der Waals surface area (Å²) in [5.41, 5.74) is 0. The van der Waals surface area contributed by atoms with Crippen LogP contribution in [0.3, 0.4) is 0 Å². The minimum atomic E-state index is -3.71. The van der Waals surface area contributed by atoms with Gasteiger partial charge in [-0.25, -0.2) is 8.42 Å². The second-order valence-electron chi connectivity index (χ2n) is 3.06. The maximum Gasteiger partial charge on any atom is 0.239 e. The standard InChI is InChI=1S/C7H11ClO4S/c8-13(10,11)5-7(9)6-2-1-3-12-4-6/h6H,1-5H2. The van der Waals surface area contributed by atoms with Gasteiger partial charge in [0.15, 0.2) is 5.78 Å². The zero-order valence-corrected chi connectivity index (χ0v) is 8.60. The average Bonchev–Trinajstić information content (AvgIpc) is 2.03. The summed E-state index contributed by atoms with van der Waals surface area (Å²) < 4.78 is 26.2. The molecular weight excluding hydrogens is 216 g/mol. The van der Waals surface area contributed by atoms with Crippen molar-refractivity contribution in [3.63, 3.8) is 0 Å². The fourth-order valence-corrected chi connectivity index (χ4v) is 2.18. The Balaban J connectivity index is 2.47. The van der Waals surface area contributed by atoms with Gasteiger partial charge in [0.05, 0.1) is 6.61 Å². The fraction of sp³-hybridized carbons (Fsp3) is 0.857. The molecule has 76 valence electrons. The van der Waals surface area contributed by atoms with Crippen LogP contribution < -0.4 is 0 Å². The van der Waals surface area contributed by atoms with Gasteiger partial charge in [0.1, 0.15) is 5.75 Å². The van der Waals surface area contributed by atoms with Crippen molar-refractivity contribution in [2.75, 3.05) is 19.0 Å². The van der Waals surface area contributed by atoms with Gasteiger partial charge < -0.3 is 4.74 Å². The maximum atomic E-state index is 11.3. The molecule has 0 saturated carbocycles. The van der Waals surface area contributed by atoms with Crippen LogP contribution in [0.5, 0.6) is 0 Å². The average molecular weight is 227 g/mol. The topological polar surface area (TPSA) is 60.4 Å². The van der Waals surface area contributed by atoms with Gasteiger partial charge in [-0.1, -0.05) is 0 Å². The predicted molar refractivity (Wildman–Crippen MR) is 48.2 cm³/mol. The Morgan fingerprint density at radius 3 is 2.69 bits per heavy atom. The third-order valence-corrected chi connectivity index (χ3v) is 2.89. The summed E-state index contributed by atoms with van der Waals surface area (Å²) in [5.74, 6) is -1.21. The SMILES string of the molecule is O=C(CS(=O)(=O)Cl)C1CCCOC1. The van der Waals surface area contributed by atoms with Gasteiger partial charge in [0.2, 0.25) is 9.05 Å². The van der Waals surface area contributed by atoms with Crippen LogP contribution in [0.4, 0.5) is 0 Å². The highest BCUT2D eigenvalue weighted by Crippen LogP contribution is 2.15. The molecule has 0 amide bonds. The Labute approximate surface area is 81.6 Å². The third kappa shape index (κ3) is 4.06. The first-order valence-corrected chi connectivity index (χ1v) is 6.49. The molecule has 0 spiro atoms. The Kier molecular flexibility index (Phi) is 3.70. The molecule has 0 bridgehead atoms. The molecule has 0 aliphatic carbocycles. The zero-order valence-electron chi connectivity index (χ0n) is 7.03. The van der Waals surface area contributed by atoms with E-state index in [0.717, 1.165) is 6.42 Å². The van der Waals surface area contributed by atoms with Crippen LogP contribution in [0.2, 0.25) is 0 Å². The van der Waals surface area contributed by atoms with Crippen molar-refractivity contribution in [2.24, 2.45) is 5.92 Å². The van der Waals surface area contributed by atoms with Crippen molar-refractivity contribution in [1.82, 2.24) is 0 Å². The van der Waals surface area contributed by atoms with E-state index < -0.39 is 14.8 Å². The van der Waals surface area contributed by atoms with E-state index >= 15 is 0 Å². The molecule has 1 aliphatic rings. The molecular formula is C7H11ClO4S. The molecule has 6 heteroatoms. The van der Waals surface area contributed by atoms with E-state index in [1.165, 1.54) is 0 Å². The summed E-state index contributed by atoms with van der Waals surface area (Å²) >= 11 is 0. The van der Waals surface area contributed by atoms with Gasteiger partial charge in [-0.05, 0) is 12.8 Å². The molecule has 1 rings (SSSR count). The molecule has 1 saturated heterocycles. The largest absolute Gasteiger partial charge is 0.381 e. The lowest BCUT2D eigenvalue weighted by atomic mass is 9.99. The fourth-order valence-electron chi connectivity index (χ4n) is 1.28. The highest BCUT2D eigenvalue weighted by atomic mass is 35.7. The van der Waals surface area contributed by atoms with Gasteiger partial charge in [-0.15, -0.1) is 0 Å². The summed E-state index contributed by atoms with van der Waals surface area (Å²) in [4.78, 5) is 11.3. The number of rotatable bonds is 3. The van der Waals surface area contributed by atoms with Crippen LogP contribution in [-0.2, 0) is 18.6 Å². The highest BCUT2D eigenvalue weighted by molar-refractivity contribution is 8.14. The number of hydrogen-bond acceptors (Lipinski definition) is 4. The lowest BCUT2D eigenvalue weighted by Crippen LogP contribution is -2.29. The molecule has 1 heterocycles. The van der Waals surface area contributed by atoms with E-state index in [1.54, 1.807) is 0 Å². The molecule has 13 heavy (non-hydrogen) atoms. The van der Waals surface area contributed by atoms with Crippen molar-refractivity contribution in [3.05, 3.63) is 0 Å². The Hall–Kier alpha value is -0.130. The van der Waals surface area contributed by atoms with Gasteiger partial charge in [-0.3, -0.25) is 4.79 Å². The van der Waals surface area contributed by atoms with E-state index in [4.69, 9.17) is 15.4 Å². The van der Waals surface area contributed by atoms with E-state index in [-0.39, 0.29) is 11.7 Å². The van der Waals surface area contributed by atoms with Crippen LogP contribution in [0.25, 0.3) is 0 Å². The summed E-state index contributed by atoms with van der Waals surface area (Å²) in [6.07, 6.45) is 1.50. The minimum absolute atomic E-state index is 0.290. The molecule has 0 aromatic rings. The molecule has 0 N–H and O–H groups in total. The number of ketones is 1. The Morgan fingerprint density at radius 1 is 1.54 bits per heavy atom. The third-order valence-electron chi connectivity index (χ3n) is 1.93. The number of halogens is 1. The normalized spacial score (nSPS) is 24.2. The van der Waals surface area contributed by atoms with Crippen LogP contribution in [0, 0.1) is 5.92 Å². The lowest BCUT2D eigenvalue weighted by molar-refractivity contribution is -0.124. The lowest BCUT2D eigenvalue weighted by Gasteiger charge is -2.19. The van der Waals surface area contributed by atoms with E-state index in [1.807, 2.05) is 0 Å². The summed E-state index contributed by atoms with van der Waals surface area (Å²) in [6, 6.07) is 0. The van der Waals surface area contributed by atoms with Crippen molar-refractivity contribution in [3.8, 4) is 0 Å². The predicted octanol–water partition coefficient (Wildman–Crippen LogP) is 0.551.